The first kappa shape index (κ1) is 23.3. The van der Waals surface area contributed by atoms with Gasteiger partial charge in [-0.05, 0) is 18.4 Å². The van der Waals surface area contributed by atoms with E-state index in [4.69, 9.17) is 6.57 Å². The summed E-state index contributed by atoms with van der Waals surface area (Å²) in [6, 6.07) is 9.06. The Morgan fingerprint density at radius 2 is 1.78 bits per heavy atom. The van der Waals surface area contributed by atoms with Gasteiger partial charge in [0.1, 0.15) is 5.82 Å². The van der Waals surface area contributed by atoms with Gasteiger partial charge in [-0.2, -0.15) is 0 Å². The molecule has 0 saturated carbocycles. The minimum absolute atomic E-state index is 0. The van der Waals surface area contributed by atoms with Crippen LogP contribution >= 0.6 is 0 Å². The van der Waals surface area contributed by atoms with E-state index in [0.29, 0.717) is 12.0 Å². The van der Waals surface area contributed by atoms with Crippen LogP contribution in [-0.2, 0) is 26.7 Å². The molecule has 0 aliphatic rings. The Hall–Kier alpha value is -1.75. The Morgan fingerprint density at radius 1 is 1.15 bits per heavy atom. The number of hydrogen-bond donors (Lipinski definition) is 1. The third kappa shape index (κ3) is 7.05. The Morgan fingerprint density at radius 3 is 2.30 bits per heavy atom. The van der Waals surface area contributed by atoms with Crippen molar-refractivity contribution in [2.75, 3.05) is 16.7 Å². The summed E-state index contributed by atoms with van der Waals surface area (Å²) >= 11 is 0. The van der Waals surface area contributed by atoms with Gasteiger partial charge < -0.3 is 9.12 Å². The maximum atomic E-state index is 11.7. The number of aryl methyl sites for hydroxylation is 1. The van der Waals surface area contributed by atoms with Gasteiger partial charge in [0, 0.05) is 24.1 Å². The Kier molecular flexibility index (Phi) is 8.15. The third-order valence-electron chi connectivity index (χ3n) is 3.57. The van der Waals surface area contributed by atoms with Crippen molar-refractivity contribution in [2.45, 2.75) is 19.4 Å². The first-order valence-electron chi connectivity index (χ1n) is 7.68. The zero-order valence-electron chi connectivity index (χ0n) is 15.0. The largest absolute Gasteiger partial charge is 1.00 e. The van der Waals surface area contributed by atoms with E-state index in [1.54, 1.807) is 10.8 Å². The molecule has 27 heavy (non-hydrogen) atoms. The quantitative estimate of drug-likeness (QED) is 0.274. The fourth-order valence-corrected chi connectivity index (χ4v) is 3.63. The fraction of sp³-hybridized carbons (Fsp3) is 0.312. The molecule has 0 aliphatic heterocycles. The Bertz CT molecular complexity index is 1030. The van der Waals surface area contributed by atoms with Crippen LogP contribution in [0, 0.1) is 6.57 Å². The summed E-state index contributed by atoms with van der Waals surface area (Å²) in [7, 11) is -7.90. The van der Waals surface area contributed by atoms with Gasteiger partial charge in [-0.25, -0.2) is 21.7 Å². The zero-order valence-corrected chi connectivity index (χ0v) is 16.7. The molecule has 0 amide bonds. The molecule has 0 aliphatic carbocycles. The predicted molar refractivity (Wildman–Crippen MR) is 98.4 cm³/mol. The number of hydrogen-bond acceptors (Lipinski definition) is 5. The van der Waals surface area contributed by atoms with Crippen molar-refractivity contribution >= 4 is 31.6 Å². The normalized spacial score (nSPS) is 11.4. The van der Waals surface area contributed by atoms with Gasteiger partial charge in [-0.3, -0.25) is 4.72 Å². The summed E-state index contributed by atoms with van der Waals surface area (Å²) in [6.07, 6.45) is 3.14. The third-order valence-corrected chi connectivity index (χ3v) is 4.93. The number of rotatable bonds is 8. The smallest absolute Gasteiger partial charge is 0.748 e. The summed E-state index contributed by atoms with van der Waals surface area (Å²) in [6.45, 7) is 7.71. The van der Waals surface area contributed by atoms with Crippen molar-refractivity contribution in [3.8, 4) is 11.1 Å². The molecular formula is C16H18LiN3O5S2. The van der Waals surface area contributed by atoms with Crippen molar-refractivity contribution in [2.24, 2.45) is 0 Å². The van der Waals surface area contributed by atoms with Crippen molar-refractivity contribution in [3.05, 3.63) is 47.9 Å². The number of anilines is 1. The van der Waals surface area contributed by atoms with E-state index in [2.05, 4.69) is 9.57 Å². The van der Waals surface area contributed by atoms with Gasteiger partial charge in [0.05, 0.1) is 22.9 Å². The molecule has 1 aromatic carbocycles. The van der Waals surface area contributed by atoms with Gasteiger partial charge in [0.2, 0.25) is 15.7 Å². The van der Waals surface area contributed by atoms with Gasteiger partial charge in [-0.1, -0.05) is 30.3 Å². The molecule has 8 nitrogen and oxygen atoms in total. The minimum Gasteiger partial charge on any atom is -0.748 e. The summed E-state index contributed by atoms with van der Waals surface area (Å²) in [5, 5.41) is 0. The van der Waals surface area contributed by atoms with Crippen molar-refractivity contribution < 1.29 is 40.2 Å². The molecule has 2 rings (SSSR count). The van der Waals surface area contributed by atoms with Crippen LogP contribution in [-0.4, -0.2) is 38.0 Å². The summed E-state index contributed by atoms with van der Waals surface area (Å²) in [5.41, 5.74) is 1.50. The van der Waals surface area contributed by atoms with E-state index in [9.17, 15) is 21.4 Å². The molecule has 0 atom stereocenters. The van der Waals surface area contributed by atoms with E-state index in [0.717, 1.165) is 11.8 Å². The molecule has 2 aromatic rings. The molecule has 11 heteroatoms. The van der Waals surface area contributed by atoms with E-state index < -0.39 is 25.9 Å². The molecule has 0 radical (unpaired) electrons. The van der Waals surface area contributed by atoms with Crippen LogP contribution in [0.3, 0.4) is 0 Å². The first-order valence-corrected chi connectivity index (χ1v) is 11.1. The molecular weight excluding hydrogens is 385 g/mol. The van der Waals surface area contributed by atoms with Crippen LogP contribution in [0.15, 0.2) is 36.5 Å². The second-order valence-corrected chi connectivity index (χ2v) is 9.03. The minimum atomic E-state index is -4.29. The zero-order chi connectivity index (χ0) is 19.4. The summed E-state index contributed by atoms with van der Waals surface area (Å²) in [4.78, 5) is 3.48. The van der Waals surface area contributed by atoms with Crippen LogP contribution in [0.2, 0.25) is 0 Å². The number of nitrogens with one attached hydrogen (secondary N) is 1. The van der Waals surface area contributed by atoms with E-state index in [1.165, 1.54) is 0 Å². The van der Waals surface area contributed by atoms with Crippen LogP contribution in [0.1, 0.15) is 12.8 Å². The Balaban J connectivity index is 0.00000364. The second kappa shape index (κ2) is 9.45. The number of aromatic nitrogens is 1. The molecule has 1 heterocycles. The second-order valence-electron chi connectivity index (χ2n) is 5.75. The molecule has 0 saturated heterocycles. The molecule has 1 N–H and O–H groups in total. The van der Waals surface area contributed by atoms with Crippen molar-refractivity contribution in [1.82, 2.24) is 4.57 Å². The number of benzene rings is 1. The van der Waals surface area contributed by atoms with Gasteiger partial charge in [0.15, 0.2) is 0 Å². The molecule has 0 unspecified atom stereocenters. The predicted octanol–water partition coefficient (Wildman–Crippen LogP) is -0.593. The van der Waals surface area contributed by atoms with Crippen LogP contribution in [0.4, 0.5) is 11.5 Å². The summed E-state index contributed by atoms with van der Waals surface area (Å²) < 4.78 is 59.4. The molecule has 0 spiro atoms. The number of unbranched alkanes of at least 4 members (excludes halogenated alkanes) is 1. The number of nitrogens with zero attached hydrogens (tertiary/aromatic N) is 2. The van der Waals surface area contributed by atoms with Crippen molar-refractivity contribution in [3.63, 3.8) is 0 Å². The molecule has 0 fully saturated rings. The average molecular weight is 403 g/mol. The van der Waals surface area contributed by atoms with E-state index >= 15 is 0 Å². The van der Waals surface area contributed by atoms with Gasteiger partial charge >= 0.3 is 18.9 Å². The first-order chi connectivity index (χ1) is 12.1. The standard InChI is InChI=1S/C16H19N3O5S2.Li/c1-17-15-14(13-8-4-3-5-9-13)12-19(16(15)18-25(2,20)21)10-6-7-11-26(22,23)24;/h3-5,8-9,12,18H,6-7,10-11H2,2H3,(H,22,23,24);/q;+1/p-1. The van der Waals surface area contributed by atoms with Gasteiger partial charge in [-0.15, -0.1) is 0 Å². The average Bonchev–Trinajstić information content (AvgIpc) is 2.87. The SMILES string of the molecule is [C-]#[N+]c1c(-c2ccccc2)cn(CCCCS(=O)(=O)[O-])c1NS(C)(=O)=O.[Li+]. The van der Waals surface area contributed by atoms with Crippen molar-refractivity contribution in [1.29, 1.82) is 0 Å². The topological polar surface area (TPSA) is 113 Å². The molecule has 1 aromatic heterocycles. The van der Waals surface area contributed by atoms with E-state index in [1.807, 2.05) is 30.3 Å². The maximum Gasteiger partial charge on any atom is 1.00 e. The van der Waals surface area contributed by atoms with E-state index in [-0.39, 0.29) is 43.3 Å². The van der Waals surface area contributed by atoms with Crippen LogP contribution < -0.4 is 23.6 Å². The monoisotopic (exact) mass is 403 g/mol. The summed E-state index contributed by atoms with van der Waals surface area (Å²) in [5.74, 6) is -0.351. The van der Waals surface area contributed by atoms with Crippen LogP contribution in [0.25, 0.3) is 16.0 Å². The maximum absolute atomic E-state index is 11.7. The van der Waals surface area contributed by atoms with Crippen LogP contribution in [0.5, 0.6) is 0 Å². The Labute approximate surface area is 171 Å². The molecule has 140 valence electrons. The van der Waals surface area contributed by atoms with Gasteiger partial charge in [0.25, 0.3) is 0 Å². The fourth-order valence-electron chi connectivity index (χ4n) is 2.51. The number of sulfonamides is 1. The molecule has 0 bridgehead atoms.